The average Bonchev–Trinajstić information content (AvgIpc) is 0.973. The Morgan fingerprint density at radius 1 is 0.317 bits per heavy atom. The van der Waals surface area contributed by atoms with Crippen LogP contribution < -0.4 is 4.89 Å². The molecule has 0 fully saturated rings. The third-order valence-corrected chi connectivity index (χ3v) is 21.3. The largest absolute Gasteiger partial charge is 0.756 e. The summed E-state index contributed by atoms with van der Waals surface area (Å²) in [5, 5.41) is 0. The van der Waals surface area contributed by atoms with Crippen molar-refractivity contribution in [3.8, 4) is 0 Å². The van der Waals surface area contributed by atoms with E-state index in [0.29, 0.717) is 17.4 Å². The van der Waals surface area contributed by atoms with Gasteiger partial charge in [-0.05, 0) is 57.8 Å². The van der Waals surface area contributed by atoms with E-state index in [1.54, 1.807) is 0 Å². The maximum atomic E-state index is 12.9. The van der Waals surface area contributed by atoms with Gasteiger partial charge in [-0.1, -0.05) is 447 Å². The maximum absolute atomic E-state index is 12.9. The highest BCUT2D eigenvalue weighted by atomic mass is 31.2. The van der Waals surface area contributed by atoms with Gasteiger partial charge in [0.15, 0.2) is 6.10 Å². The van der Waals surface area contributed by atoms with E-state index in [9.17, 15) is 19.0 Å². The number of carbonyl (C=O) groups is 2. The van der Waals surface area contributed by atoms with Gasteiger partial charge in [0.1, 0.15) is 19.8 Å². The molecule has 0 spiro atoms. The van der Waals surface area contributed by atoms with Crippen molar-refractivity contribution in [2.75, 3.05) is 47.5 Å². The van der Waals surface area contributed by atoms with Crippen molar-refractivity contribution in [3.05, 3.63) is 60.8 Å². The molecule has 9 nitrogen and oxygen atoms in total. The minimum Gasteiger partial charge on any atom is -0.756 e. The van der Waals surface area contributed by atoms with Crippen LogP contribution in [0.1, 0.15) is 457 Å². The van der Waals surface area contributed by atoms with E-state index in [2.05, 4.69) is 74.6 Å². The van der Waals surface area contributed by atoms with Crippen molar-refractivity contribution in [3.63, 3.8) is 0 Å². The van der Waals surface area contributed by atoms with E-state index in [1.807, 2.05) is 21.1 Å². The zero-order valence-electron chi connectivity index (χ0n) is 68.1. The van der Waals surface area contributed by atoms with Crippen molar-refractivity contribution < 1.29 is 42.1 Å². The number of hydrogen-bond acceptors (Lipinski definition) is 8. The fourth-order valence-corrected chi connectivity index (χ4v) is 14.3. The molecule has 0 heterocycles. The Balaban J connectivity index is 3.85. The van der Waals surface area contributed by atoms with Gasteiger partial charge < -0.3 is 27.9 Å². The highest BCUT2D eigenvalue weighted by molar-refractivity contribution is 7.45. The number of unbranched alkanes of at least 4 members (excludes halogenated alkanes) is 60. The van der Waals surface area contributed by atoms with E-state index in [-0.39, 0.29) is 32.0 Å². The molecule has 0 N–H and O–H groups in total. The van der Waals surface area contributed by atoms with Crippen LogP contribution in [0.2, 0.25) is 0 Å². The third kappa shape index (κ3) is 86.5. The fraction of sp³-hybridized carbons (Fsp3) is 0.868. The molecule has 2 unspecified atom stereocenters. The molecule has 0 aromatic rings. The lowest BCUT2D eigenvalue weighted by molar-refractivity contribution is -0.870. The Hall–Kier alpha value is -2.29. The van der Waals surface area contributed by atoms with Crippen LogP contribution in [0.4, 0.5) is 0 Å². The normalized spacial score (nSPS) is 13.2. The Labute approximate surface area is 629 Å². The molecular formula is C91H172NO8P. The number of nitrogens with zero attached hydrogens (tertiary/aromatic N) is 1. The van der Waals surface area contributed by atoms with Crippen LogP contribution in [-0.4, -0.2) is 70.0 Å². The van der Waals surface area contributed by atoms with Gasteiger partial charge in [0.05, 0.1) is 27.7 Å². The van der Waals surface area contributed by atoms with Gasteiger partial charge in [0.2, 0.25) is 0 Å². The van der Waals surface area contributed by atoms with Crippen LogP contribution in [0.5, 0.6) is 0 Å². The molecule has 2 atom stereocenters. The molecular weight excluding hydrogens is 1270 g/mol. The molecule has 0 aliphatic heterocycles. The number of ether oxygens (including phenoxy) is 2. The van der Waals surface area contributed by atoms with E-state index < -0.39 is 26.5 Å². The Morgan fingerprint density at radius 3 is 0.842 bits per heavy atom. The summed E-state index contributed by atoms with van der Waals surface area (Å²) in [5.41, 5.74) is 0. The Kier molecular flexibility index (Phi) is 79.9. The number of carbonyl (C=O) groups excluding carboxylic acids is 2. The number of quaternary nitrogens is 1. The number of allylic oxidation sites excluding steroid dienone is 10. The van der Waals surface area contributed by atoms with Crippen LogP contribution in [0.3, 0.4) is 0 Å². The topological polar surface area (TPSA) is 111 Å². The smallest absolute Gasteiger partial charge is 0.306 e. The summed E-state index contributed by atoms with van der Waals surface area (Å²) in [4.78, 5) is 38.3. The van der Waals surface area contributed by atoms with Crippen LogP contribution in [-0.2, 0) is 32.7 Å². The molecule has 101 heavy (non-hydrogen) atoms. The van der Waals surface area contributed by atoms with E-state index in [4.69, 9.17) is 18.5 Å². The van der Waals surface area contributed by atoms with Gasteiger partial charge in [-0.3, -0.25) is 14.2 Å². The van der Waals surface area contributed by atoms with Crippen molar-refractivity contribution in [1.82, 2.24) is 0 Å². The molecule has 0 aromatic heterocycles. The standard InChI is InChI=1S/C91H172NO8P/c1-6-8-10-12-14-16-18-20-22-24-26-28-30-32-34-36-38-40-42-44-46-48-50-52-54-56-58-60-62-64-66-68-70-72-74-76-78-80-82-84-91(94)100-89(88-99-101(95,96)98-86-85-92(3,4)5)87-97-90(93)83-81-79-77-75-73-71-69-67-65-63-61-59-57-55-53-51-49-47-45-43-41-39-37-35-33-31-29-27-25-23-21-19-17-15-13-11-9-7-2/h8,10,14,16,20,22,26,28,32,34,89H,6-7,9,11-13,15,17-19,21,23-25,27,29-31,33,35-88H2,1-5H3/b10-8-,16-14-,22-20-,28-26-,34-32-. The lowest BCUT2D eigenvalue weighted by atomic mass is 10.0. The van der Waals surface area contributed by atoms with Gasteiger partial charge >= 0.3 is 11.9 Å². The monoisotopic (exact) mass is 1440 g/mol. The van der Waals surface area contributed by atoms with Gasteiger partial charge in [-0.15, -0.1) is 0 Å². The van der Waals surface area contributed by atoms with Crippen LogP contribution in [0, 0.1) is 0 Å². The number of likely N-dealkylation sites (N-methyl/N-ethyl adjacent to an activating group) is 1. The minimum atomic E-state index is -4.65. The highest BCUT2D eigenvalue weighted by Crippen LogP contribution is 2.38. The molecule has 10 heteroatoms. The highest BCUT2D eigenvalue weighted by Gasteiger charge is 2.22. The lowest BCUT2D eigenvalue weighted by Gasteiger charge is -2.28. The second-order valence-corrected chi connectivity index (χ2v) is 33.0. The predicted molar refractivity (Wildman–Crippen MR) is 439 cm³/mol. The molecule has 0 amide bonds. The Bertz CT molecular complexity index is 1890. The summed E-state index contributed by atoms with van der Waals surface area (Å²) in [5.74, 6) is -0.806. The first kappa shape index (κ1) is 98.7. The summed E-state index contributed by atoms with van der Waals surface area (Å²) in [7, 11) is 1.19. The SMILES string of the molecule is CC/C=C\C/C=C\C/C=C\C/C=C\C/C=C\CCCCCCCCCCCCCCCCCCCCCCCCCC(=O)OC(COC(=O)CCCCCCCCCCCCCCCCCCCCCCCCCCCCCCCCCCCCCCCC)COP(=O)([O-])OCC[N+](C)(C)C. The van der Waals surface area contributed by atoms with Gasteiger partial charge in [0.25, 0.3) is 7.82 Å². The number of phosphoric acid groups is 1. The molecule has 0 saturated heterocycles. The summed E-state index contributed by atoms with van der Waals surface area (Å²) in [6.07, 6.45) is 111. The zero-order chi connectivity index (χ0) is 73.3. The molecule has 0 aliphatic rings. The predicted octanol–water partition coefficient (Wildman–Crippen LogP) is 29.4. The van der Waals surface area contributed by atoms with Crippen LogP contribution in [0.25, 0.3) is 0 Å². The fourth-order valence-electron chi connectivity index (χ4n) is 13.6. The van der Waals surface area contributed by atoms with E-state index >= 15 is 0 Å². The second-order valence-electron chi connectivity index (χ2n) is 31.6. The first-order chi connectivity index (χ1) is 49.5. The van der Waals surface area contributed by atoms with E-state index in [1.165, 1.54) is 360 Å². The quantitative estimate of drug-likeness (QED) is 0.0195. The maximum Gasteiger partial charge on any atom is 0.306 e. The summed E-state index contributed by atoms with van der Waals surface area (Å²) in [6.45, 7) is 4.21. The van der Waals surface area contributed by atoms with Crippen molar-refractivity contribution in [2.45, 2.75) is 463 Å². The summed E-state index contributed by atoms with van der Waals surface area (Å²) < 4.78 is 34.5. The van der Waals surface area contributed by atoms with Crippen LogP contribution >= 0.6 is 7.82 Å². The first-order valence-corrected chi connectivity index (χ1v) is 46.0. The second kappa shape index (κ2) is 81.8. The summed E-state index contributed by atoms with van der Waals surface area (Å²) >= 11 is 0. The van der Waals surface area contributed by atoms with Crippen LogP contribution in [0.15, 0.2) is 60.8 Å². The van der Waals surface area contributed by atoms with Gasteiger partial charge in [-0.25, -0.2) is 0 Å². The van der Waals surface area contributed by atoms with Crippen molar-refractivity contribution >= 4 is 19.8 Å². The number of hydrogen-bond donors (Lipinski definition) is 0. The molecule has 0 aromatic carbocycles. The number of rotatable bonds is 84. The van der Waals surface area contributed by atoms with Crippen molar-refractivity contribution in [2.24, 2.45) is 0 Å². The molecule has 0 saturated carbocycles. The molecule has 0 rings (SSSR count). The molecule has 0 aliphatic carbocycles. The number of phosphoric ester groups is 1. The molecule has 0 radical (unpaired) electrons. The lowest BCUT2D eigenvalue weighted by Crippen LogP contribution is -2.37. The van der Waals surface area contributed by atoms with E-state index in [0.717, 1.165) is 64.2 Å². The van der Waals surface area contributed by atoms with Gasteiger partial charge in [-0.2, -0.15) is 0 Å². The zero-order valence-corrected chi connectivity index (χ0v) is 69.0. The average molecular weight is 1440 g/mol. The Morgan fingerprint density at radius 2 is 0.564 bits per heavy atom. The number of esters is 2. The minimum absolute atomic E-state index is 0.0277. The molecule has 594 valence electrons. The first-order valence-electron chi connectivity index (χ1n) is 44.5. The van der Waals surface area contributed by atoms with Gasteiger partial charge in [0, 0.05) is 12.8 Å². The molecule has 0 bridgehead atoms. The summed E-state index contributed by atoms with van der Waals surface area (Å²) in [6, 6.07) is 0. The van der Waals surface area contributed by atoms with Crippen molar-refractivity contribution in [1.29, 1.82) is 0 Å². The third-order valence-electron chi connectivity index (χ3n) is 20.3.